The van der Waals surface area contributed by atoms with Gasteiger partial charge in [-0.2, -0.15) is 0 Å². The van der Waals surface area contributed by atoms with Gasteiger partial charge in [0.15, 0.2) is 5.78 Å². The van der Waals surface area contributed by atoms with Gasteiger partial charge in [-0.05, 0) is 6.08 Å². The molecule has 0 saturated heterocycles. The Morgan fingerprint density at radius 2 is 1.60 bits per heavy atom. The van der Waals surface area contributed by atoms with Gasteiger partial charge in [0.1, 0.15) is 0 Å². The molecule has 0 aliphatic carbocycles. The standard InChI is InChI=1S/C12H10O3/c13-11(8-4-5-9-12(14)15)10-6-2-1-3-7-10/h1-9H,(H,14,15). The average Bonchev–Trinajstić information content (AvgIpc) is 2.25. The maximum atomic E-state index is 11.4. The van der Waals surface area contributed by atoms with E-state index in [-0.39, 0.29) is 5.78 Å². The third-order valence-electron chi connectivity index (χ3n) is 1.66. The maximum Gasteiger partial charge on any atom is 0.328 e. The van der Waals surface area contributed by atoms with Crippen LogP contribution in [0.2, 0.25) is 0 Å². The lowest BCUT2D eigenvalue weighted by molar-refractivity contribution is -0.131. The first-order valence-electron chi connectivity index (χ1n) is 4.37. The van der Waals surface area contributed by atoms with Gasteiger partial charge in [-0.15, -0.1) is 0 Å². The first-order valence-corrected chi connectivity index (χ1v) is 4.37. The SMILES string of the molecule is O=C(O)C=CC=CC(=O)c1ccccc1. The van der Waals surface area contributed by atoms with Crippen molar-refractivity contribution in [3.05, 3.63) is 60.2 Å². The number of rotatable bonds is 4. The van der Waals surface area contributed by atoms with Crippen molar-refractivity contribution in [2.24, 2.45) is 0 Å². The minimum absolute atomic E-state index is 0.148. The normalized spacial score (nSPS) is 10.9. The summed E-state index contributed by atoms with van der Waals surface area (Å²) >= 11 is 0. The van der Waals surface area contributed by atoms with Crippen molar-refractivity contribution in [3.8, 4) is 0 Å². The Bertz CT molecular complexity index is 402. The summed E-state index contributed by atoms with van der Waals surface area (Å²) < 4.78 is 0. The first-order chi connectivity index (χ1) is 7.20. The summed E-state index contributed by atoms with van der Waals surface area (Å²) in [6.45, 7) is 0. The van der Waals surface area contributed by atoms with Crippen molar-refractivity contribution in [1.29, 1.82) is 0 Å². The molecule has 0 fully saturated rings. The summed E-state index contributed by atoms with van der Waals surface area (Å²) in [7, 11) is 0. The van der Waals surface area contributed by atoms with E-state index in [0.29, 0.717) is 5.56 Å². The summed E-state index contributed by atoms with van der Waals surface area (Å²) in [6.07, 6.45) is 5.01. The number of benzene rings is 1. The number of hydrogen-bond donors (Lipinski definition) is 1. The van der Waals surface area contributed by atoms with Crippen LogP contribution in [-0.4, -0.2) is 16.9 Å². The summed E-state index contributed by atoms with van der Waals surface area (Å²) in [6, 6.07) is 8.77. The van der Waals surface area contributed by atoms with E-state index in [1.807, 2.05) is 6.07 Å². The molecule has 3 nitrogen and oxygen atoms in total. The van der Waals surface area contributed by atoms with Crippen LogP contribution in [0.25, 0.3) is 0 Å². The molecule has 0 aliphatic rings. The Kier molecular flexibility index (Phi) is 4.04. The first kappa shape index (κ1) is 10.9. The number of carboxylic acids is 1. The lowest BCUT2D eigenvalue weighted by Crippen LogP contribution is -1.92. The second kappa shape index (κ2) is 5.54. The second-order valence-corrected chi connectivity index (χ2v) is 2.79. The van der Waals surface area contributed by atoms with Crippen LogP contribution in [0.5, 0.6) is 0 Å². The van der Waals surface area contributed by atoms with E-state index in [0.717, 1.165) is 6.08 Å². The van der Waals surface area contributed by atoms with E-state index < -0.39 is 5.97 Å². The van der Waals surface area contributed by atoms with E-state index in [4.69, 9.17) is 5.11 Å². The van der Waals surface area contributed by atoms with Gasteiger partial charge in [0.05, 0.1) is 0 Å². The van der Waals surface area contributed by atoms with E-state index in [1.165, 1.54) is 18.2 Å². The van der Waals surface area contributed by atoms with E-state index >= 15 is 0 Å². The fourth-order valence-corrected chi connectivity index (χ4v) is 0.979. The highest BCUT2D eigenvalue weighted by Crippen LogP contribution is 2.00. The Balaban J connectivity index is 2.61. The van der Waals surface area contributed by atoms with E-state index in [9.17, 15) is 9.59 Å². The molecule has 0 atom stereocenters. The van der Waals surface area contributed by atoms with Crippen LogP contribution in [0.3, 0.4) is 0 Å². The molecule has 0 bridgehead atoms. The van der Waals surface area contributed by atoms with Gasteiger partial charge in [0.25, 0.3) is 0 Å². The average molecular weight is 202 g/mol. The van der Waals surface area contributed by atoms with Crippen LogP contribution < -0.4 is 0 Å². The topological polar surface area (TPSA) is 54.4 Å². The molecule has 1 aromatic carbocycles. The van der Waals surface area contributed by atoms with Crippen LogP contribution in [0.15, 0.2) is 54.6 Å². The monoisotopic (exact) mass is 202 g/mol. The molecule has 0 aromatic heterocycles. The molecule has 0 saturated carbocycles. The van der Waals surface area contributed by atoms with Crippen molar-refractivity contribution < 1.29 is 14.7 Å². The fourth-order valence-electron chi connectivity index (χ4n) is 0.979. The highest BCUT2D eigenvalue weighted by molar-refractivity contribution is 6.04. The smallest absolute Gasteiger partial charge is 0.328 e. The van der Waals surface area contributed by atoms with Gasteiger partial charge >= 0.3 is 5.97 Å². The third kappa shape index (κ3) is 4.04. The molecule has 0 unspecified atom stereocenters. The molecule has 0 heterocycles. The zero-order chi connectivity index (χ0) is 11.1. The Labute approximate surface area is 87.4 Å². The van der Waals surface area contributed by atoms with Crippen molar-refractivity contribution in [3.63, 3.8) is 0 Å². The third-order valence-corrected chi connectivity index (χ3v) is 1.66. The van der Waals surface area contributed by atoms with Gasteiger partial charge in [0.2, 0.25) is 0 Å². The maximum absolute atomic E-state index is 11.4. The number of allylic oxidation sites excluding steroid dienone is 3. The van der Waals surface area contributed by atoms with Crippen LogP contribution in [0, 0.1) is 0 Å². The summed E-state index contributed by atoms with van der Waals surface area (Å²) in [5, 5.41) is 8.29. The van der Waals surface area contributed by atoms with E-state index in [2.05, 4.69) is 0 Å². The number of aliphatic carboxylic acids is 1. The molecule has 0 aliphatic heterocycles. The molecule has 15 heavy (non-hydrogen) atoms. The van der Waals surface area contributed by atoms with Crippen molar-refractivity contribution in [1.82, 2.24) is 0 Å². The lowest BCUT2D eigenvalue weighted by atomic mass is 10.1. The van der Waals surface area contributed by atoms with Gasteiger partial charge < -0.3 is 5.11 Å². The molecule has 1 rings (SSSR count). The van der Waals surface area contributed by atoms with E-state index in [1.54, 1.807) is 24.3 Å². The molecule has 0 spiro atoms. The zero-order valence-electron chi connectivity index (χ0n) is 7.96. The molecule has 0 amide bonds. The molecule has 1 N–H and O–H groups in total. The number of ketones is 1. The van der Waals surface area contributed by atoms with Crippen molar-refractivity contribution >= 4 is 11.8 Å². The molecule has 0 radical (unpaired) electrons. The lowest BCUT2D eigenvalue weighted by Gasteiger charge is -1.92. The van der Waals surface area contributed by atoms with Crippen molar-refractivity contribution in [2.75, 3.05) is 0 Å². The van der Waals surface area contributed by atoms with Gasteiger partial charge in [-0.1, -0.05) is 42.5 Å². The summed E-state index contributed by atoms with van der Waals surface area (Å²) in [4.78, 5) is 21.5. The predicted molar refractivity (Wildman–Crippen MR) is 56.7 cm³/mol. The molecular weight excluding hydrogens is 192 g/mol. The second-order valence-electron chi connectivity index (χ2n) is 2.79. The summed E-state index contributed by atoms with van der Waals surface area (Å²) in [5.41, 5.74) is 0.581. The molecular formula is C12H10O3. The Hall–Kier alpha value is -2.16. The van der Waals surface area contributed by atoms with Gasteiger partial charge in [-0.3, -0.25) is 4.79 Å². The minimum Gasteiger partial charge on any atom is -0.478 e. The summed E-state index contributed by atoms with van der Waals surface area (Å²) in [5.74, 6) is -1.18. The van der Waals surface area contributed by atoms with Crippen LogP contribution in [-0.2, 0) is 4.79 Å². The molecule has 3 heteroatoms. The zero-order valence-corrected chi connectivity index (χ0v) is 7.96. The van der Waals surface area contributed by atoms with Gasteiger partial charge in [0, 0.05) is 11.6 Å². The largest absolute Gasteiger partial charge is 0.478 e. The van der Waals surface area contributed by atoms with Crippen LogP contribution in [0.4, 0.5) is 0 Å². The number of carboxylic acid groups (broad SMARTS) is 1. The highest BCUT2D eigenvalue weighted by Gasteiger charge is 1.97. The van der Waals surface area contributed by atoms with Crippen molar-refractivity contribution in [2.45, 2.75) is 0 Å². The van der Waals surface area contributed by atoms with Gasteiger partial charge in [-0.25, -0.2) is 4.79 Å². The van der Waals surface area contributed by atoms with Crippen LogP contribution >= 0.6 is 0 Å². The minimum atomic E-state index is -1.04. The fraction of sp³-hybridized carbons (Fsp3) is 0. The number of carbonyl (C=O) groups is 2. The molecule has 76 valence electrons. The quantitative estimate of drug-likeness (QED) is 0.462. The highest BCUT2D eigenvalue weighted by atomic mass is 16.4. The number of carbonyl (C=O) groups excluding carboxylic acids is 1. The molecule has 1 aromatic rings. The Morgan fingerprint density at radius 1 is 1.00 bits per heavy atom. The van der Waals surface area contributed by atoms with Crippen LogP contribution in [0.1, 0.15) is 10.4 Å². The predicted octanol–water partition coefficient (Wildman–Crippen LogP) is 2.07. The Morgan fingerprint density at radius 3 is 2.20 bits per heavy atom. The number of hydrogen-bond acceptors (Lipinski definition) is 2.